The normalized spacial score (nSPS) is 24.4. The van der Waals surface area contributed by atoms with Crippen LogP contribution in [0.2, 0.25) is 0 Å². The molecule has 2 fully saturated rings. The number of carbonyl (C=O) groups excluding carboxylic acids is 3. The quantitative estimate of drug-likeness (QED) is 0.344. The molecule has 3 aromatic rings. The van der Waals surface area contributed by atoms with Crippen molar-refractivity contribution in [2.75, 3.05) is 25.7 Å². The molecule has 1 saturated heterocycles. The Hall–Kier alpha value is -5.39. The molecule has 3 amide bonds. The largest absolute Gasteiger partial charge is 0.497 e. The number of hydrogen-bond donors (Lipinski definition) is 0. The van der Waals surface area contributed by atoms with E-state index in [-0.39, 0.29) is 18.2 Å². The van der Waals surface area contributed by atoms with Crippen LogP contribution in [-0.4, -0.2) is 66.3 Å². The standard InChI is InChI=1S/C34H31FN6O5/c1-45-25-13-9-20(10-14-25)17-22-5-3-8-27-29(22)37-41(31(27)21-11-15-26(46-2)16-12-21)28(42)19-39-32-30(36-38-39)33(43)40(34(32)44)24-7-4-6-23(35)18-24/h4,6-7,9-18,27,30-32H,3,5,8,19H2,1-2H3/b22-17+/t27-,30-,31+,32+/m0/s1. The van der Waals surface area contributed by atoms with E-state index in [1.54, 1.807) is 14.2 Å². The molecule has 0 bridgehead atoms. The average Bonchev–Trinajstić information content (AvgIpc) is 3.74. The molecule has 4 atom stereocenters. The highest BCUT2D eigenvalue weighted by Gasteiger charge is 2.55. The summed E-state index contributed by atoms with van der Waals surface area (Å²) in [6.45, 7) is -0.325. The Balaban J connectivity index is 1.19. The van der Waals surface area contributed by atoms with Gasteiger partial charge in [0.05, 0.1) is 31.7 Å². The fourth-order valence-electron chi connectivity index (χ4n) is 6.68. The number of benzene rings is 3. The number of rotatable bonds is 7. The molecule has 0 N–H and O–H groups in total. The van der Waals surface area contributed by atoms with Crippen molar-refractivity contribution in [3.63, 3.8) is 0 Å². The first-order chi connectivity index (χ1) is 22.4. The Kier molecular flexibility index (Phi) is 7.55. The molecule has 11 nitrogen and oxygen atoms in total. The molecule has 7 rings (SSSR count). The van der Waals surface area contributed by atoms with Crippen LogP contribution < -0.4 is 14.4 Å². The van der Waals surface area contributed by atoms with Crippen LogP contribution in [0.5, 0.6) is 11.5 Å². The van der Waals surface area contributed by atoms with Crippen molar-refractivity contribution in [3.8, 4) is 11.5 Å². The summed E-state index contributed by atoms with van der Waals surface area (Å²) < 4.78 is 24.6. The maximum Gasteiger partial charge on any atom is 0.264 e. The van der Waals surface area contributed by atoms with E-state index in [4.69, 9.17) is 14.6 Å². The zero-order valence-corrected chi connectivity index (χ0v) is 25.2. The molecule has 46 heavy (non-hydrogen) atoms. The van der Waals surface area contributed by atoms with Crippen LogP contribution in [0.1, 0.15) is 36.4 Å². The Bertz CT molecular complexity index is 1790. The summed E-state index contributed by atoms with van der Waals surface area (Å²) in [6.07, 6.45) is 4.68. The molecule has 0 unspecified atom stereocenters. The SMILES string of the molecule is COc1ccc(/C=C2\CCC[C@H]3C2=NN(C(=O)CN2N=N[C@@H]4C(=O)N(c5cccc(F)c5)C(=O)[C@@H]42)[C@@H]3c2ccc(OC)cc2)cc1. The van der Waals surface area contributed by atoms with Gasteiger partial charge < -0.3 is 9.47 Å². The summed E-state index contributed by atoms with van der Waals surface area (Å²) in [6, 6.07) is 18.0. The molecule has 1 aliphatic carbocycles. The minimum absolute atomic E-state index is 0.0540. The summed E-state index contributed by atoms with van der Waals surface area (Å²) in [7, 11) is 3.23. The zero-order valence-electron chi connectivity index (χ0n) is 25.2. The third kappa shape index (κ3) is 5.09. The number of fused-ring (bicyclic) bond motifs is 2. The van der Waals surface area contributed by atoms with Crippen LogP contribution in [0.15, 0.2) is 93.8 Å². The molecule has 3 aromatic carbocycles. The Labute approximate surface area is 264 Å². The number of hydrogen-bond acceptors (Lipinski definition) is 9. The van der Waals surface area contributed by atoms with Crippen LogP contribution in [0.4, 0.5) is 10.1 Å². The number of anilines is 1. The molecule has 0 radical (unpaired) electrons. The van der Waals surface area contributed by atoms with E-state index < -0.39 is 41.7 Å². The molecule has 4 aliphatic rings. The summed E-state index contributed by atoms with van der Waals surface area (Å²) in [5.41, 5.74) is 3.91. The second-order valence-electron chi connectivity index (χ2n) is 11.6. The molecular formula is C34H31FN6O5. The third-order valence-electron chi connectivity index (χ3n) is 8.89. The lowest BCUT2D eigenvalue weighted by atomic mass is 9.77. The van der Waals surface area contributed by atoms with E-state index in [0.29, 0.717) is 5.75 Å². The highest BCUT2D eigenvalue weighted by molar-refractivity contribution is 6.25. The monoisotopic (exact) mass is 622 g/mol. The molecule has 3 aliphatic heterocycles. The van der Waals surface area contributed by atoms with Gasteiger partial charge in [-0.2, -0.15) is 10.2 Å². The fraction of sp³-hybridized carbons (Fsp3) is 0.294. The van der Waals surface area contributed by atoms with Crippen molar-refractivity contribution in [2.45, 2.75) is 37.4 Å². The molecule has 3 heterocycles. The summed E-state index contributed by atoms with van der Waals surface area (Å²) in [5, 5.41) is 15.8. The lowest BCUT2D eigenvalue weighted by Crippen LogP contribution is -2.45. The van der Waals surface area contributed by atoms with Crippen LogP contribution >= 0.6 is 0 Å². The van der Waals surface area contributed by atoms with Gasteiger partial charge in [0.2, 0.25) is 0 Å². The van der Waals surface area contributed by atoms with E-state index in [2.05, 4.69) is 16.4 Å². The minimum Gasteiger partial charge on any atom is -0.497 e. The number of hydrazone groups is 1. The van der Waals surface area contributed by atoms with E-state index in [9.17, 15) is 18.8 Å². The number of carbonyl (C=O) groups is 3. The Morgan fingerprint density at radius 3 is 2.37 bits per heavy atom. The summed E-state index contributed by atoms with van der Waals surface area (Å²) >= 11 is 0. The molecule has 12 heteroatoms. The molecule has 234 valence electrons. The topological polar surface area (TPSA) is 116 Å². The van der Waals surface area contributed by atoms with Gasteiger partial charge in [0.25, 0.3) is 17.7 Å². The predicted octanol–water partition coefficient (Wildman–Crippen LogP) is 4.96. The van der Waals surface area contributed by atoms with Gasteiger partial charge in [0.1, 0.15) is 23.9 Å². The van der Waals surface area contributed by atoms with E-state index >= 15 is 0 Å². The fourth-order valence-corrected chi connectivity index (χ4v) is 6.68. The number of halogens is 1. The van der Waals surface area contributed by atoms with Gasteiger partial charge in [-0.15, -0.1) is 0 Å². The van der Waals surface area contributed by atoms with Gasteiger partial charge in [-0.3, -0.25) is 19.4 Å². The van der Waals surface area contributed by atoms with Crippen molar-refractivity contribution < 1.29 is 28.2 Å². The van der Waals surface area contributed by atoms with Crippen LogP contribution in [0.3, 0.4) is 0 Å². The lowest BCUT2D eigenvalue weighted by Gasteiger charge is -2.30. The van der Waals surface area contributed by atoms with Crippen molar-refractivity contribution in [2.24, 2.45) is 21.4 Å². The number of methoxy groups -OCH3 is 2. The number of allylic oxidation sites excluding steroid dienone is 1. The van der Waals surface area contributed by atoms with E-state index in [1.165, 1.54) is 28.2 Å². The number of nitrogens with zero attached hydrogens (tertiary/aromatic N) is 6. The lowest BCUT2D eigenvalue weighted by molar-refractivity contribution is -0.136. The second kappa shape index (κ2) is 11.8. The Morgan fingerprint density at radius 2 is 1.67 bits per heavy atom. The first-order valence-corrected chi connectivity index (χ1v) is 15.1. The van der Waals surface area contributed by atoms with Gasteiger partial charge in [0, 0.05) is 5.92 Å². The zero-order chi connectivity index (χ0) is 31.9. The molecule has 1 saturated carbocycles. The van der Waals surface area contributed by atoms with E-state index in [1.807, 2.05) is 48.5 Å². The second-order valence-corrected chi connectivity index (χ2v) is 11.6. The van der Waals surface area contributed by atoms with Crippen LogP contribution in [0, 0.1) is 11.7 Å². The molecular weight excluding hydrogens is 591 g/mol. The first-order valence-electron chi connectivity index (χ1n) is 15.1. The predicted molar refractivity (Wildman–Crippen MR) is 166 cm³/mol. The van der Waals surface area contributed by atoms with Gasteiger partial charge in [-0.1, -0.05) is 35.6 Å². The van der Waals surface area contributed by atoms with E-state index in [0.717, 1.165) is 58.4 Å². The summed E-state index contributed by atoms with van der Waals surface area (Å²) in [4.78, 5) is 41.6. The number of amides is 3. The highest BCUT2D eigenvalue weighted by Crippen LogP contribution is 2.45. The van der Waals surface area contributed by atoms with Crippen molar-refractivity contribution in [3.05, 3.63) is 95.3 Å². The Morgan fingerprint density at radius 1 is 0.957 bits per heavy atom. The minimum atomic E-state index is -1.12. The maximum atomic E-state index is 14.1. The number of ether oxygens (including phenoxy) is 2. The number of imide groups is 1. The highest BCUT2D eigenvalue weighted by atomic mass is 19.1. The van der Waals surface area contributed by atoms with Gasteiger partial charge in [-0.05, 0) is 84.5 Å². The van der Waals surface area contributed by atoms with Crippen molar-refractivity contribution in [1.82, 2.24) is 10.0 Å². The molecule has 0 spiro atoms. The van der Waals surface area contributed by atoms with Gasteiger partial charge in [-0.25, -0.2) is 14.3 Å². The molecule has 0 aromatic heterocycles. The van der Waals surface area contributed by atoms with Gasteiger partial charge in [0.15, 0.2) is 12.1 Å². The third-order valence-corrected chi connectivity index (χ3v) is 8.89. The smallest absolute Gasteiger partial charge is 0.264 e. The summed E-state index contributed by atoms with van der Waals surface area (Å²) in [5.74, 6) is -0.797. The first kappa shape index (κ1) is 29.3. The van der Waals surface area contributed by atoms with Crippen molar-refractivity contribution >= 4 is 35.2 Å². The average molecular weight is 623 g/mol. The van der Waals surface area contributed by atoms with Crippen molar-refractivity contribution in [1.29, 1.82) is 0 Å². The van der Waals surface area contributed by atoms with Gasteiger partial charge >= 0.3 is 0 Å². The van der Waals surface area contributed by atoms with Crippen LogP contribution in [0.25, 0.3) is 6.08 Å². The maximum absolute atomic E-state index is 14.1. The van der Waals surface area contributed by atoms with Crippen LogP contribution in [-0.2, 0) is 14.4 Å².